The number of carbonyl (C=O) groups is 1. The van der Waals surface area contributed by atoms with Crippen molar-refractivity contribution in [1.82, 2.24) is 9.88 Å². The molecule has 0 saturated carbocycles. The standard InChI is InChI=1S/C22H24ClF3N2O3/c1-22(2,3)31-21(29)28-8-6-13(7-9-28)19-17(25)11-18(26)20(27-19)30-12-14-4-5-15(23)10-16(14)24/h4-5,10-11,13H,6-9,12H2,1-3H3. The van der Waals surface area contributed by atoms with E-state index in [1.54, 1.807) is 25.7 Å². The van der Waals surface area contributed by atoms with Crippen LogP contribution in [0.25, 0.3) is 0 Å². The van der Waals surface area contributed by atoms with Crippen molar-refractivity contribution in [2.75, 3.05) is 13.1 Å². The Labute approximate surface area is 184 Å². The van der Waals surface area contributed by atoms with E-state index in [0.29, 0.717) is 25.9 Å². The fourth-order valence-corrected chi connectivity index (χ4v) is 3.46. The Morgan fingerprint density at radius 3 is 2.42 bits per heavy atom. The second-order valence-corrected chi connectivity index (χ2v) is 8.84. The Bertz CT molecular complexity index is 958. The molecule has 1 amide bonds. The number of hydrogen-bond donors (Lipinski definition) is 0. The molecule has 1 aromatic carbocycles. The van der Waals surface area contributed by atoms with Crippen molar-refractivity contribution in [2.45, 2.75) is 51.7 Å². The van der Waals surface area contributed by atoms with Gasteiger partial charge in [0, 0.05) is 35.7 Å². The van der Waals surface area contributed by atoms with E-state index in [4.69, 9.17) is 21.1 Å². The van der Waals surface area contributed by atoms with Crippen molar-refractivity contribution in [3.63, 3.8) is 0 Å². The molecule has 168 valence electrons. The summed E-state index contributed by atoms with van der Waals surface area (Å²) in [5.74, 6) is -3.06. The monoisotopic (exact) mass is 456 g/mol. The molecule has 1 fully saturated rings. The summed E-state index contributed by atoms with van der Waals surface area (Å²) >= 11 is 5.72. The first-order valence-electron chi connectivity index (χ1n) is 9.94. The van der Waals surface area contributed by atoms with E-state index in [0.717, 1.165) is 12.1 Å². The maximum Gasteiger partial charge on any atom is 0.410 e. The fraction of sp³-hybridized carbons (Fsp3) is 0.455. The molecule has 1 aromatic heterocycles. The van der Waals surface area contributed by atoms with Crippen LogP contribution in [0.5, 0.6) is 5.88 Å². The summed E-state index contributed by atoms with van der Waals surface area (Å²) in [6, 6.07) is 4.75. The Morgan fingerprint density at radius 2 is 1.81 bits per heavy atom. The van der Waals surface area contributed by atoms with Gasteiger partial charge in [-0.05, 0) is 45.7 Å². The van der Waals surface area contributed by atoms with Crippen molar-refractivity contribution in [3.8, 4) is 5.88 Å². The van der Waals surface area contributed by atoms with Crippen LogP contribution in [-0.2, 0) is 11.3 Å². The third kappa shape index (κ3) is 6.03. The van der Waals surface area contributed by atoms with Crippen LogP contribution in [0.2, 0.25) is 5.02 Å². The number of pyridine rings is 1. The average Bonchev–Trinajstić information content (AvgIpc) is 2.67. The number of ether oxygens (including phenoxy) is 2. The van der Waals surface area contributed by atoms with Crippen LogP contribution in [0, 0.1) is 17.5 Å². The first kappa shape index (κ1) is 23.2. The van der Waals surface area contributed by atoms with Gasteiger partial charge in [-0.3, -0.25) is 0 Å². The second kappa shape index (κ2) is 9.34. The lowest BCUT2D eigenvalue weighted by Crippen LogP contribution is -2.41. The number of piperidine rings is 1. The van der Waals surface area contributed by atoms with Gasteiger partial charge in [-0.25, -0.2) is 22.9 Å². The van der Waals surface area contributed by atoms with Crippen LogP contribution >= 0.6 is 11.6 Å². The lowest BCUT2D eigenvalue weighted by atomic mass is 9.93. The van der Waals surface area contributed by atoms with E-state index in [9.17, 15) is 18.0 Å². The molecule has 5 nitrogen and oxygen atoms in total. The molecule has 0 unspecified atom stereocenters. The third-order valence-electron chi connectivity index (χ3n) is 4.84. The molecule has 1 saturated heterocycles. The van der Waals surface area contributed by atoms with E-state index in [1.165, 1.54) is 12.1 Å². The molecule has 0 radical (unpaired) electrons. The van der Waals surface area contributed by atoms with Crippen LogP contribution in [0.3, 0.4) is 0 Å². The van der Waals surface area contributed by atoms with Crippen molar-refractivity contribution < 1.29 is 27.4 Å². The van der Waals surface area contributed by atoms with Crippen LogP contribution < -0.4 is 4.74 Å². The van der Waals surface area contributed by atoms with E-state index >= 15 is 0 Å². The molecule has 9 heteroatoms. The summed E-state index contributed by atoms with van der Waals surface area (Å²) in [7, 11) is 0. The van der Waals surface area contributed by atoms with Crippen molar-refractivity contribution >= 4 is 17.7 Å². The molecule has 31 heavy (non-hydrogen) atoms. The molecule has 1 aliphatic rings. The molecule has 2 heterocycles. The number of benzene rings is 1. The Kier molecular flexibility index (Phi) is 6.99. The van der Waals surface area contributed by atoms with Crippen molar-refractivity contribution in [3.05, 3.63) is 58.0 Å². The minimum absolute atomic E-state index is 0.0665. The molecule has 0 spiro atoms. The quantitative estimate of drug-likeness (QED) is 0.579. The normalized spacial score (nSPS) is 15.1. The molecular formula is C22H24ClF3N2O3. The van der Waals surface area contributed by atoms with Crippen molar-refractivity contribution in [1.29, 1.82) is 0 Å². The van der Waals surface area contributed by atoms with Gasteiger partial charge >= 0.3 is 6.09 Å². The zero-order valence-corrected chi connectivity index (χ0v) is 18.3. The van der Waals surface area contributed by atoms with E-state index in [2.05, 4.69) is 4.98 Å². The minimum Gasteiger partial charge on any atom is -0.471 e. The smallest absolute Gasteiger partial charge is 0.410 e. The highest BCUT2D eigenvalue weighted by atomic mass is 35.5. The summed E-state index contributed by atoms with van der Waals surface area (Å²) in [6.45, 7) is 5.80. The van der Waals surface area contributed by atoms with Crippen LogP contribution in [0.1, 0.15) is 50.8 Å². The Balaban J connectivity index is 1.68. The largest absolute Gasteiger partial charge is 0.471 e. The number of rotatable bonds is 4. The SMILES string of the molecule is CC(C)(C)OC(=O)N1CCC(c2nc(OCc3ccc(Cl)cc3F)c(F)cc2F)CC1. The third-order valence-corrected chi connectivity index (χ3v) is 5.07. The lowest BCUT2D eigenvalue weighted by molar-refractivity contribution is 0.0203. The molecule has 0 bridgehead atoms. The highest BCUT2D eigenvalue weighted by molar-refractivity contribution is 6.30. The average molecular weight is 457 g/mol. The van der Waals surface area contributed by atoms with Crippen molar-refractivity contribution in [2.24, 2.45) is 0 Å². The Morgan fingerprint density at radius 1 is 1.13 bits per heavy atom. The van der Waals surface area contributed by atoms with Crippen LogP contribution in [0.15, 0.2) is 24.3 Å². The zero-order chi connectivity index (χ0) is 22.8. The molecule has 2 aromatic rings. The highest BCUT2D eigenvalue weighted by Gasteiger charge is 2.30. The van der Waals surface area contributed by atoms with Gasteiger partial charge in [-0.15, -0.1) is 0 Å². The molecule has 0 aliphatic carbocycles. The highest BCUT2D eigenvalue weighted by Crippen LogP contribution is 2.32. The Hall–Kier alpha value is -2.48. The van der Waals surface area contributed by atoms with Gasteiger partial charge in [0.05, 0.1) is 5.69 Å². The van der Waals surface area contributed by atoms with Gasteiger partial charge in [0.15, 0.2) is 5.82 Å². The van der Waals surface area contributed by atoms with Gasteiger partial charge in [0.1, 0.15) is 23.8 Å². The van der Waals surface area contributed by atoms with E-state index in [1.807, 2.05) is 0 Å². The summed E-state index contributed by atoms with van der Waals surface area (Å²) in [4.78, 5) is 17.8. The van der Waals surface area contributed by atoms with Crippen LogP contribution in [0.4, 0.5) is 18.0 Å². The number of likely N-dealkylation sites (tertiary alicyclic amines) is 1. The van der Waals surface area contributed by atoms with Gasteiger partial charge in [0.25, 0.3) is 5.88 Å². The number of halogens is 4. The molecule has 1 aliphatic heterocycles. The summed E-state index contributed by atoms with van der Waals surface area (Å²) in [5, 5.41) is 0.229. The maximum absolute atomic E-state index is 14.4. The number of aromatic nitrogens is 1. The summed E-state index contributed by atoms with van der Waals surface area (Å²) in [5.41, 5.74) is -0.368. The van der Waals surface area contributed by atoms with E-state index in [-0.39, 0.29) is 28.8 Å². The zero-order valence-electron chi connectivity index (χ0n) is 17.6. The number of carbonyl (C=O) groups excluding carboxylic acids is 1. The van der Waals surface area contributed by atoms with E-state index < -0.39 is 35.0 Å². The molecule has 0 atom stereocenters. The molecule has 0 N–H and O–H groups in total. The number of amides is 1. The number of hydrogen-bond acceptors (Lipinski definition) is 4. The predicted molar refractivity (Wildman–Crippen MR) is 110 cm³/mol. The minimum atomic E-state index is -0.971. The summed E-state index contributed by atoms with van der Waals surface area (Å²) in [6.07, 6.45) is 0.465. The first-order chi connectivity index (χ1) is 14.5. The maximum atomic E-state index is 14.4. The van der Waals surface area contributed by atoms with Gasteiger partial charge < -0.3 is 14.4 Å². The van der Waals surface area contributed by atoms with Gasteiger partial charge in [-0.2, -0.15) is 0 Å². The topological polar surface area (TPSA) is 51.7 Å². The fourth-order valence-electron chi connectivity index (χ4n) is 3.30. The first-order valence-corrected chi connectivity index (χ1v) is 10.3. The van der Waals surface area contributed by atoms with Gasteiger partial charge in [0.2, 0.25) is 0 Å². The van der Waals surface area contributed by atoms with Gasteiger partial charge in [-0.1, -0.05) is 17.7 Å². The number of nitrogens with zero attached hydrogens (tertiary/aromatic N) is 2. The second-order valence-electron chi connectivity index (χ2n) is 8.41. The lowest BCUT2D eigenvalue weighted by Gasteiger charge is -2.33. The predicted octanol–water partition coefficient (Wildman–Crippen LogP) is 5.85. The molecular weight excluding hydrogens is 433 g/mol. The molecule has 3 rings (SSSR count). The summed E-state index contributed by atoms with van der Waals surface area (Å²) < 4.78 is 53.2. The van der Waals surface area contributed by atoms with Crippen LogP contribution in [-0.4, -0.2) is 34.7 Å².